The second kappa shape index (κ2) is 8.08. The van der Waals surface area contributed by atoms with Gasteiger partial charge in [0.05, 0.1) is 13.7 Å². The Morgan fingerprint density at radius 1 is 1.04 bits per heavy atom. The van der Waals surface area contributed by atoms with Gasteiger partial charge >= 0.3 is 0 Å². The topological polar surface area (TPSA) is 56.8 Å². The van der Waals surface area contributed by atoms with Gasteiger partial charge in [0.1, 0.15) is 12.4 Å². The molecule has 0 spiro atoms. The molecule has 0 aliphatic heterocycles. The summed E-state index contributed by atoms with van der Waals surface area (Å²) in [7, 11) is 3.20. The standard InChI is InChI=1S/C18H21NO4/c1-4-22-15-10-9-13(18(20)19-2)11-14(15)12-23-17-8-6-5-7-16(17)21-3/h5-11H,4,12H2,1-3H3,(H,19,20). The van der Waals surface area contributed by atoms with Crippen molar-refractivity contribution in [1.29, 1.82) is 0 Å². The van der Waals surface area contributed by atoms with Crippen molar-refractivity contribution in [2.24, 2.45) is 0 Å². The Morgan fingerprint density at radius 3 is 2.43 bits per heavy atom. The number of hydrogen-bond acceptors (Lipinski definition) is 4. The van der Waals surface area contributed by atoms with E-state index in [9.17, 15) is 4.79 Å². The molecule has 2 aromatic rings. The van der Waals surface area contributed by atoms with E-state index in [-0.39, 0.29) is 12.5 Å². The van der Waals surface area contributed by atoms with E-state index in [2.05, 4.69) is 5.32 Å². The van der Waals surface area contributed by atoms with Gasteiger partial charge in [0.25, 0.3) is 5.91 Å². The third kappa shape index (κ3) is 4.16. The van der Waals surface area contributed by atoms with E-state index in [0.29, 0.717) is 29.4 Å². The quantitative estimate of drug-likeness (QED) is 0.853. The molecule has 0 unspecified atom stereocenters. The van der Waals surface area contributed by atoms with Crippen LogP contribution in [0.5, 0.6) is 17.2 Å². The molecule has 2 rings (SSSR count). The number of benzene rings is 2. The van der Waals surface area contributed by atoms with Gasteiger partial charge in [0.15, 0.2) is 11.5 Å². The molecule has 5 nitrogen and oxygen atoms in total. The highest BCUT2D eigenvalue weighted by atomic mass is 16.5. The Labute approximate surface area is 136 Å². The zero-order valence-electron chi connectivity index (χ0n) is 13.6. The summed E-state index contributed by atoms with van der Waals surface area (Å²) >= 11 is 0. The zero-order chi connectivity index (χ0) is 16.7. The molecule has 0 saturated carbocycles. The fourth-order valence-corrected chi connectivity index (χ4v) is 2.17. The third-order valence-corrected chi connectivity index (χ3v) is 3.30. The first-order valence-electron chi connectivity index (χ1n) is 7.43. The number of para-hydroxylation sites is 2. The highest BCUT2D eigenvalue weighted by molar-refractivity contribution is 5.94. The Morgan fingerprint density at radius 2 is 1.78 bits per heavy atom. The number of rotatable bonds is 7. The van der Waals surface area contributed by atoms with Crippen LogP contribution < -0.4 is 19.5 Å². The number of nitrogens with one attached hydrogen (secondary N) is 1. The monoisotopic (exact) mass is 315 g/mol. The lowest BCUT2D eigenvalue weighted by Crippen LogP contribution is -2.18. The van der Waals surface area contributed by atoms with Gasteiger partial charge in [-0.25, -0.2) is 0 Å². The van der Waals surface area contributed by atoms with Crippen molar-refractivity contribution in [3.05, 3.63) is 53.6 Å². The first-order valence-corrected chi connectivity index (χ1v) is 7.43. The SMILES string of the molecule is CCOc1ccc(C(=O)NC)cc1COc1ccccc1OC. The summed E-state index contributed by atoms with van der Waals surface area (Å²) in [5.74, 6) is 1.86. The summed E-state index contributed by atoms with van der Waals surface area (Å²) in [6, 6.07) is 12.7. The van der Waals surface area contributed by atoms with Crippen LogP contribution in [0.3, 0.4) is 0 Å². The van der Waals surface area contributed by atoms with Gasteiger partial charge in [-0.1, -0.05) is 12.1 Å². The van der Waals surface area contributed by atoms with Gasteiger partial charge in [0, 0.05) is 18.2 Å². The van der Waals surface area contributed by atoms with Crippen molar-refractivity contribution in [1.82, 2.24) is 5.32 Å². The van der Waals surface area contributed by atoms with Gasteiger partial charge in [0.2, 0.25) is 0 Å². The van der Waals surface area contributed by atoms with E-state index in [0.717, 1.165) is 5.56 Å². The highest BCUT2D eigenvalue weighted by Gasteiger charge is 2.11. The van der Waals surface area contributed by atoms with E-state index >= 15 is 0 Å². The van der Waals surface area contributed by atoms with E-state index in [1.54, 1.807) is 32.4 Å². The summed E-state index contributed by atoms with van der Waals surface area (Å²) < 4.78 is 16.7. The lowest BCUT2D eigenvalue weighted by atomic mass is 10.1. The molecule has 2 aromatic carbocycles. The summed E-state index contributed by atoms with van der Waals surface area (Å²) in [5.41, 5.74) is 1.37. The average Bonchev–Trinajstić information content (AvgIpc) is 2.60. The maximum absolute atomic E-state index is 11.8. The molecule has 0 heterocycles. The van der Waals surface area contributed by atoms with Crippen molar-refractivity contribution < 1.29 is 19.0 Å². The molecule has 0 radical (unpaired) electrons. The van der Waals surface area contributed by atoms with Gasteiger partial charge in [-0.05, 0) is 37.3 Å². The van der Waals surface area contributed by atoms with Crippen molar-refractivity contribution in [2.75, 3.05) is 20.8 Å². The molecule has 0 bridgehead atoms. The van der Waals surface area contributed by atoms with Crippen molar-refractivity contribution >= 4 is 5.91 Å². The minimum absolute atomic E-state index is 0.147. The van der Waals surface area contributed by atoms with Crippen LogP contribution in [0.25, 0.3) is 0 Å². The van der Waals surface area contributed by atoms with Gasteiger partial charge in [-0.2, -0.15) is 0 Å². The summed E-state index contributed by atoms with van der Waals surface area (Å²) in [5, 5.41) is 2.61. The van der Waals surface area contributed by atoms with Crippen LogP contribution in [0.2, 0.25) is 0 Å². The molecule has 0 aliphatic rings. The lowest BCUT2D eigenvalue weighted by Gasteiger charge is -2.14. The van der Waals surface area contributed by atoms with Crippen LogP contribution in [0.1, 0.15) is 22.8 Å². The van der Waals surface area contributed by atoms with Gasteiger partial charge < -0.3 is 19.5 Å². The van der Waals surface area contributed by atoms with E-state index in [1.807, 2.05) is 31.2 Å². The predicted octanol–water partition coefficient (Wildman–Crippen LogP) is 3.03. The molecule has 0 aliphatic carbocycles. The number of carbonyl (C=O) groups is 1. The fourth-order valence-electron chi connectivity index (χ4n) is 2.17. The number of hydrogen-bond donors (Lipinski definition) is 1. The first-order chi connectivity index (χ1) is 11.2. The minimum atomic E-state index is -0.147. The normalized spacial score (nSPS) is 10.0. The summed E-state index contributed by atoms with van der Waals surface area (Å²) in [6.07, 6.45) is 0. The van der Waals surface area contributed by atoms with Crippen LogP contribution in [0, 0.1) is 0 Å². The second-order valence-electron chi connectivity index (χ2n) is 4.77. The summed E-state index contributed by atoms with van der Waals surface area (Å²) in [6.45, 7) is 2.74. The molecule has 0 fully saturated rings. The molecular weight excluding hydrogens is 294 g/mol. The van der Waals surface area contributed by atoms with Crippen molar-refractivity contribution in [3.8, 4) is 17.2 Å². The van der Waals surface area contributed by atoms with Crippen molar-refractivity contribution in [2.45, 2.75) is 13.5 Å². The Hall–Kier alpha value is -2.69. The minimum Gasteiger partial charge on any atom is -0.493 e. The maximum Gasteiger partial charge on any atom is 0.251 e. The average molecular weight is 315 g/mol. The van der Waals surface area contributed by atoms with Crippen molar-refractivity contribution in [3.63, 3.8) is 0 Å². The molecule has 5 heteroatoms. The van der Waals surface area contributed by atoms with Crippen LogP contribution >= 0.6 is 0 Å². The van der Waals surface area contributed by atoms with Gasteiger partial charge in [-0.3, -0.25) is 4.79 Å². The molecule has 23 heavy (non-hydrogen) atoms. The van der Waals surface area contributed by atoms with E-state index < -0.39 is 0 Å². The largest absolute Gasteiger partial charge is 0.493 e. The Bertz CT molecular complexity index is 670. The molecule has 0 atom stereocenters. The van der Waals surface area contributed by atoms with E-state index in [4.69, 9.17) is 14.2 Å². The number of carbonyl (C=O) groups excluding carboxylic acids is 1. The van der Waals surface area contributed by atoms with Crippen LogP contribution in [-0.2, 0) is 6.61 Å². The maximum atomic E-state index is 11.8. The summed E-state index contributed by atoms with van der Waals surface area (Å²) in [4.78, 5) is 11.8. The number of amides is 1. The smallest absolute Gasteiger partial charge is 0.251 e. The fraction of sp³-hybridized carbons (Fsp3) is 0.278. The third-order valence-electron chi connectivity index (χ3n) is 3.30. The van der Waals surface area contributed by atoms with Crippen LogP contribution in [-0.4, -0.2) is 26.7 Å². The molecule has 0 aromatic heterocycles. The van der Waals surface area contributed by atoms with E-state index in [1.165, 1.54) is 0 Å². The van der Waals surface area contributed by atoms with Gasteiger partial charge in [-0.15, -0.1) is 0 Å². The Balaban J connectivity index is 2.24. The molecule has 1 amide bonds. The number of ether oxygens (including phenoxy) is 3. The lowest BCUT2D eigenvalue weighted by molar-refractivity contribution is 0.0963. The molecular formula is C18H21NO4. The molecule has 122 valence electrons. The zero-order valence-corrected chi connectivity index (χ0v) is 13.6. The van der Waals surface area contributed by atoms with Crippen LogP contribution in [0.15, 0.2) is 42.5 Å². The molecule has 0 saturated heterocycles. The molecule has 1 N–H and O–H groups in total. The Kier molecular flexibility index (Phi) is 5.86. The second-order valence-corrected chi connectivity index (χ2v) is 4.77. The highest BCUT2D eigenvalue weighted by Crippen LogP contribution is 2.28. The number of methoxy groups -OCH3 is 1. The first kappa shape index (κ1) is 16.7. The van der Waals surface area contributed by atoms with Crippen LogP contribution in [0.4, 0.5) is 0 Å². The predicted molar refractivity (Wildman–Crippen MR) is 88.3 cm³/mol.